The molecule has 0 saturated carbocycles. The number of piperidine rings is 1. The van der Waals surface area contributed by atoms with Crippen LogP contribution in [0.15, 0.2) is 35.4 Å². The second-order valence-corrected chi connectivity index (χ2v) is 8.81. The molecule has 0 radical (unpaired) electrons. The van der Waals surface area contributed by atoms with E-state index in [9.17, 15) is 18.0 Å². The van der Waals surface area contributed by atoms with Gasteiger partial charge in [0.05, 0.1) is 12.8 Å². The van der Waals surface area contributed by atoms with Gasteiger partial charge in [-0.2, -0.15) is 4.31 Å². The molecule has 156 valence electrons. The van der Waals surface area contributed by atoms with Crippen LogP contribution < -0.4 is 15.8 Å². The van der Waals surface area contributed by atoms with E-state index in [1.54, 1.807) is 7.05 Å². The highest BCUT2D eigenvalue weighted by Gasteiger charge is 2.28. The van der Waals surface area contributed by atoms with Crippen LogP contribution in [0.3, 0.4) is 0 Å². The van der Waals surface area contributed by atoms with Crippen molar-refractivity contribution in [1.82, 2.24) is 8.87 Å². The van der Waals surface area contributed by atoms with E-state index in [0.717, 1.165) is 19.3 Å². The van der Waals surface area contributed by atoms with E-state index in [1.165, 1.54) is 46.4 Å². The first kappa shape index (κ1) is 20.9. The number of anilines is 1. The first-order chi connectivity index (χ1) is 13.7. The summed E-state index contributed by atoms with van der Waals surface area (Å²) in [4.78, 5) is 24.3. The number of primary amides is 1. The standard InChI is InChI=1S/C19H24N4O5S/c1-22-12-14(29(26,27)23-8-4-3-5-9-23)11-16(22)19(25)21-15-10-13(18(20)24)6-7-17(15)28-2/h6-7,10-12H,3-5,8-9H2,1-2H3,(H2,20,24)(H,21,25). The number of carbonyl (C=O) groups is 2. The molecule has 2 aromatic rings. The van der Waals surface area contributed by atoms with Crippen molar-refractivity contribution in [3.63, 3.8) is 0 Å². The second-order valence-electron chi connectivity index (χ2n) is 6.87. The van der Waals surface area contributed by atoms with Crippen LogP contribution in [0.1, 0.15) is 40.1 Å². The summed E-state index contributed by atoms with van der Waals surface area (Å²) in [6.07, 6.45) is 4.10. The molecule has 1 aromatic carbocycles. The molecule has 0 spiro atoms. The van der Waals surface area contributed by atoms with Gasteiger partial charge in [-0.3, -0.25) is 9.59 Å². The maximum absolute atomic E-state index is 12.9. The lowest BCUT2D eigenvalue weighted by molar-refractivity contribution is 0.0994. The number of amides is 2. The van der Waals surface area contributed by atoms with E-state index >= 15 is 0 Å². The third kappa shape index (κ3) is 4.28. The molecular weight excluding hydrogens is 396 g/mol. The van der Waals surface area contributed by atoms with Crippen molar-refractivity contribution >= 4 is 27.5 Å². The van der Waals surface area contributed by atoms with Crippen molar-refractivity contribution in [3.05, 3.63) is 41.7 Å². The Labute approximate surface area is 169 Å². The lowest BCUT2D eigenvalue weighted by Gasteiger charge is -2.25. The highest BCUT2D eigenvalue weighted by Crippen LogP contribution is 2.27. The predicted octanol–water partition coefficient (Wildman–Crippen LogP) is 1.56. The zero-order valence-electron chi connectivity index (χ0n) is 16.3. The number of ether oxygens (including phenoxy) is 1. The molecule has 29 heavy (non-hydrogen) atoms. The molecule has 3 N–H and O–H groups in total. The molecule has 0 unspecified atom stereocenters. The summed E-state index contributed by atoms with van der Waals surface area (Å²) in [6.45, 7) is 0.964. The first-order valence-corrected chi connectivity index (χ1v) is 10.6. The van der Waals surface area contributed by atoms with Gasteiger partial charge in [0.1, 0.15) is 16.3 Å². The van der Waals surface area contributed by atoms with E-state index in [-0.39, 0.29) is 21.8 Å². The van der Waals surface area contributed by atoms with E-state index in [4.69, 9.17) is 10.5 Å². The summed E-state index contributed by atoms with van der Waals surface area (Å²) in [5.74, 6) is -0.830. The van der Waals surface area contributed by atoms with Crippen LogP contribution in [0.2, 0.25) is 0 Å². The molecule has 1 aliphatic rings. The highest BCUT2D eigenvalue weighted by molar-refractivity contribution is 7.89. The summed E-state index contributed by atoms with van der Waals surface area (Å²) in [7, 11) is -0.625. The van der Waals surface area contributed by atoms with Gasteiger partial charge in [0.15, 0.2) is 0 Å². The smallest absolute Gasteiger partial charge is 0.272 e. The molecule has 1 saturated heterocycles. The van der Waals surface area contributed by atoms with Crippen molar-refractivity contribution < 1.29 is 22.7 Å². The van der Waals surface area contributed by atoms with Crippen molar-refractivity contribution in [2.24, 2.45) is 12.8 Å². The fourth-order valence-corrected chi connectivity index (χ4v) is 4.89. The van der Waals surface area contributed by atoms with Crippen molar-refractivity contribution in [2.75, 3.05) is 25.5 Å². The molecule has 1 fully saturated rings. The monoisotopic (exact) mass is 420 g/mol. The molecule has 3 rings (SSSR count). The molecule has 1 aliphatic heterocycles. The van der Waals surface area contributed by atoms with Gasteiger partial charge in [0, 0.05) is 31.9 Å². The number of rotatable bonds is 6. The zero-order chi connectivity index (χ0) is 21.2. The topological polar surface area (TPSA) is 124 Å². The summed E-state index contributed by atoms with van der Waals surface area (Å²) >= 11 is 0. The first-order valence-electron chi connectivity index (χ1n) is 9.19. The molecular formula is C19H24N4O5S. The lowest BCUT2D eigenvalue weighted by atomic mass is 10.1. The molecule has 0 atom stereocenters. The summed E-state index contributed by atoms with van der Waals surface area (Å²) < 4.78 is 33.8. The van der Waals surface area contributed by atoms with Gasteiger partial charge in [-0.1, -0.05) is 6.42 Å². The molecule has 1 aromatic heterocycles. The van der Waals surface area contributed by atoms with Gasteiger partial charge in [-0.05, 0) is 37.1 Å². The second kappa shape index (κ2) is 8.26. The van der Waals surface area contributed by atoms with Gasteiger partial charge in [-0.25, -0.2) is 8.42 Å². The maximum atomic E-state index is 12.9. The Morgan fingerprint density at radius 2 is 1.83 bits per heavy atom. The number of nitrogens with two attached hydrogens (primary N) is 1. The van der Waals surface area contributed by atoms with Crippen LogP contribution in [-0.2, 0) is 17.1 Å². The Morgan fingerprint density at radius 3 is 2.45 bits per heavy atom. The number of nitrogens with zero attached hydrogens (tertiary/aromatic N) is 2. The average Bonchev–Trinajstić information content (AvgIpc) is 3.11. The number of hydrogen-bond acceptors (Lipinski definition) is 5. The normalized spacial score (nSPS) is 15.1. The number of carbonyl (C=O) groups excluding carboxylic acids is 2. The minimum atomic E-state index is -3.65. The van der Waals surface area contributed by atoms with Crippen LogP contribution in [0.5, 0.6) is 5.75 Å². The van der Waals surface area contributed by atoms with E-state index in [2.05, 4.69) is 5.32 Å². The van der Waals surface area contributed by atoms with Gasteiger partial charge in [-0.15, -0.1) is 0 Å². The summed E-state index contributed by atoms with van der Waals surface area (Å²) in [5.41, 5.74) is 5.92. The zero-order valence-corrected chi connectivity index (χ0v) is 17.2. The Morgan fingerprint density at radius 1 is 1.14 bits per heavy atom. The van der Waals surface area contributed by atoms with Crippen molar-refractivity contribution in [2.45, 2.75) is 24.2 Å². The Balaban J connectivity index is 1.88. The minimum absolute atomic E-state index is 0.0740. The van der Waals surface area contributed by atoms with Gasteiger partial charge in [0.2, 0.25) is 15.9 Å². The van der Waals surface area contributed by atoms with Gasteiger partial charge in [0.25, 0.3) is 5.91 Å². The SMILES string of the molecule is COc1ccc(C(N)=O)cc1NC(=O)c1cc(S(=O)(=O)N2CCCCC2)cn1C. The molecule has 10 heteroatoms. The van der Waals surface area contributed by atoms with Crippen molar-refractivity contribution in [1.29, 1.82) is 0 Å². The van der Waals surface area contributed by atoms with Gasteiger partial charge < -0.3 is 20.4 Å². The van der Waals surface area contributed by atoms with E-state index in [1.807, 2.05) is 0 Å². The maximum Gasteiger partial charge on any atom is 0.272 e. The van der Waals surface area contributed by atoms with Crippen LogP contribution in [0.25, 0.3) is 0 Å². The third-order valence-electron chi connectivity index (χ3n) is 4.90. The number of nitrogens with one attached hydrogen (secondary N) is 1. The number of aromatic nitrogens is 1. The molecule has 2 heterocycles. The summed E-state index contributed by atoms with van der Waals surface area (Å²) in [5, 5.41) is 2.66. The quantitative estimate of drug-likeness (QED) is 0.734. The van der Waals surface area contributed by atoms with Crippen LogP contribution >= 0.6 is 0 Å². The average molecular weight is 420 g/mol. The highest BCUT2D eigenvalue weighted by atomic mass is 32.2. The number of hydrogen-bond donors (Lipinski definition) is 2. The molecule has 9 nitrogen and oxygen atoms in total. The summed E-state index contributed by atoms with van der Waals surface area (Å²) in [6, 6.07) is 5.77. The predicted molar refractivity (Wildman–Crippen MR) is 107 cm³/mol. The third-order valence-corrected chi connectivity index (χ3v) is 6.76. The number of sulfonamides is 1. The van der Waals surface area contributed by atoms with Crippen molar-refractivity contribution in [3.8, 4) is 5.75 Å². The largest absolute Gasteiger partial charge is 0.495 e. The fraction of sp³-hybridized carbons (Fsp3) is 0.368. The van der Waals surface area contributed by atoms with Crippen LogP contribution in [-0.4, -0.2) is 49.3 Å². The Kier molecular flexibility index (Phi) is 5.94. The lowest BCUT2D eigenvalue weighted by Crippen LogP contribution is -2.35. The minimum Gasteiger partial charge on any atom is -0.495 e. The molecule has 2 amide bonds. The molecule has 0 aliphatic carbocycles. The van der Waals surface area contributed by atoms with E-state index < -0.39 is 21.8 Å². The number of benzene rings is 1. The number of methoxy groups -OCH3 is 1. The number of aryl methyl sites for hydroxylation is 1. The van der Waals surface area contributed by atoms with E-state index in [0.29, 0.717) is 18.8 Å². The van der Waals surface area contributed by atoms with Crippen LogP contribution in [0, 0.1) is 0 Å². The Hall–Kier alpha value is -2.85. The Bertz CT molecular complexity index is 1040. The molecule has 0 bridgehead atoms. The van der Waals surface area contributed by atoms with Crippen LogP contribution in [0.4, 0.5) is 5.69 Å². The van der Waals surface area contributed by atoms with Gasteiger partial charge >= 0.3 is 0 Å². The fourth-order valence-electron chi connectivity index (χ4n) is 3.30.